The van der Waals surface area contributed by atoms with Gasteiger partial charge in [-0.3, -0.25) is 0 Å². The van der Waals surface area contributed by atoms with Gasteiger partial charge in [-0.2, -0.15) is 0 Å². The maximum absolute atomic E-state index is 5.90. The Labute approximate surface area is 184 Å². The highest BCUT2D eigenvalue weighted by Gasteiger charge is 2.29. The Balaban J connectivity index is 1.43. The minimum absolute atomic E-state index is 0.0608. The lowest BCUT2D eigenvalue weighted by molar-refractivity contribution is -0.0630. The fraction of sp³-hybridized carbons (Fsp3) is 0.625. The predicted octanol–water partition coefficient (Wildman–Crippen LogP) is 3.15. The van der Waals surface area contributed by atoms with Gasteiger partial charge in [0.15, 0.2) is 11.5 Å². The van der Waals surface area contributed by atoms with Crippen molar-refractivity contribution in [2.45, 2.75) is 51.8 Å². The van der Waals surface area contributed by atoms with Gasteiger partial charge >= 0.3 is 0 Å². The van der Waals surface area contributed by atoms with Crippen LogP contribution in [-0.4, -0.2) is 67.7 Å². The van der Waals surface area contributed by atoms with Gasteiger partial charge in [0.2, 0.25) is 6.79 Å². The summed E-state index contributed by atoms with van der Waals surface area (Å²) >= 11 is 0. The molecule has 3 aliphatic rings. The van der Waals surface area contributed by atoms with E-state index >= 15 is 0 Å². The summed E-state index contributed by atoms with van der Waals surface area (Å²) in [5.41, 5.74) is 2.16. The predicted molar refractivity (Wildman–Crippen MR) is 122 cm³/mol. The Kier molecular flexibility index (Phi) is 5.67. The maximum atomic E-state index is 5.90. The largest absolute Gasteiger partial charge is 0.454 e. The molecule has 168 valence electrons. The number of likely N-dealkylation sites (N-methyl/N-ethyl adjacent to an activating group) is 1. The van der Waals surface area contributed by atoms with E-state index in [0.29, 0.717) is 6.04 Å². The fourth-order valence-electron chi connectivity index (χ4n) is 4.94. The number of ether oxygens (including phenoxy) is 3. The van der Waals surface area contributed by atoms with Crippen molar-refractivity contribution in [2.24, 2.45) is 0 Å². The van der Waals surface area contributed by atoms with Crippen molar-refractivity contribution < 1.29 is 14.2 Å². The summed E-state index contributed by atoms with van der Waals surface area (Å²) in [6.45, 7) is 13.8. The molecule has 2 fully saturated rings. The van der Waals surface area contributed by atoms with Crippen LogP contribution in [0.4, 0.5) is 5.82 Å². The van der Waals surface area contributed by atoms with Gasteiger partial charge in [0.05, 0.1) is 11.1 Å². The normalized spacial score (nSPS) is 23.5. The maximum Gasteiger partial charge on any atom is 0.231 e. The molecule has 31 heavy (non-hydrogen) atoms. The van der Waals surface area contributed by atoms with Gasteiger partial charge in [-0.05, 0) is 45.4 Å². The average molecular weight is 427 g/mol. The number of piperazine rings is 1. The van der Waals surface area contributed by atoms with Crippen LogP contribution in [0.5, 0.6) is 11.5 Å². The highest BCUT2D eigenvalue weighted by atomic mass is 16.7. The molecular formula is C24H34N4O3. The molecule has 7 heteroatoms. The molecule has 0 aliphatic carbocycles. The first-order chi connectivity index (χ1) is 15.0. The molecule has 0 bridgehead atoms. The molecule has 0 radical (unpaired) electrons. The topological polar surface area (TPSA) is 59.1 Å². The van der Waals surface area contributed by atoms with Crippen molar-refractivity contribution >= 4 is 16.7 Å². The zero-order valence-corrected chi connectivity index (χ0v) is 18.9. The van der Waals surface area contributed by atoms with Gasteiger partial charge in [-0.25, -0.2) is 4.98 Å². The van der Waals surface area contributed by atoms with Gasteiger partial charge < -0.3 is 29.3 Å². The smallest absolute Gasteiger partial charge is 0.231 e. The second-order valence-electron chi connectivity index (χ2n) is 9.47. The molecule has 0 amide bonds. The summed E-state index contributed by atoms with van der Waals surface area (Å²) in [7, 11) is 0. The summed E-state index contributed by atoms with van der Waals surface area (Å²) in [6.07, 6.45) is 2.07. The third-order valence-electron chi connectivity index (χ3n) is 6.76. The van der Waals surface area contributed by atoms with Crippen molar-refractivity contribution in [1.82, 2.24) is 15.2 Å². The molecule has 0 spiro atoms. The van der Waals surface area contributed by atoms with Crippen LogP contribution in [0.2, 0.25) is 0 Å². The van der Waals surface area contributed by atoms with E-state index in [1.54, 1.807) is 0 Å². The lowest BCUT2D eigenvalue weighted by Gasteiger charge is -2.37. The van der Waals surface area contributed by atoms with Crippen LogP contribution in [0.25, 0.3) is 10.9 Å². The number of nitrogens with zero attached hydrogens (tertiary/aromatic N) is 3. The van der Waals surface area contributed by atoms with E-state index in [0.717, 1.165) is 86.9 Å². The van der Waals surface area contributed by atoms with Gasteiger partial charge in [0.1, 0.15) is 5.82 Å². The number of fused-ring (bicyclic) bond motifs is 2. The van der Waals surface area contributed by atoms with Crippen molar-refractivity contribution in [1.29, 1.82) is 0 Å². The standard InChI is InChI=1S/C24H34N4O3/c1-4-27-6-8-28(9-7-27)23-18(15-25-19-5-10-31-24(2,3)14-19)11-17-12-21-22(30-16-29-21)13-20(17)26-23/h11-13,19,25H,4-10,14-16H2,1-3H3/t19-/m0/s1. The van der Waals surface area contributed by atoms with E-state index in [9.17, 15) is 0 Å². The summed E-state index contributed by atoms with van der Waals surface area (Å²) in [6, 6.07) is 6.82. The first-order valence-electron chi connectivity index (χ1n) is 11.6. The highest BCUT2D eigenvalue weighted by molar-refractivity contribution is 5.85. The van der Waals surface area contributed by atoms with Crippen molar-refractivity contribution in [3.8, 4) is 11.5 Å². The summed E-state index contributed by atoms with van der Waals surface area (Å²) < 4.78 is 17.1. The molecule has 3 aliphatic heterocycles. The number of aromatic nitrogens is 1. The Hall–Kier alpha value is -2.09. The number of hydrogen-bond acceptors (Lipinski definition) is 7. The number of nitrogens with one attached hydrogen (secondary N) is 1. The molecule has 7 nitrogen and oxygen atoms in total. The Bertz CT molecular complexity index is 940. The van der Waals surface area contributed by atoms with Gasteiger partial charge in [0, 0.05) is 62.4 Å². The summed E-state index contributed by atoms with van der Waals surface area (Å²) in [5, 5.41) is 4.90. The molecule has 1 N–H and O–H groups in total. The van der Waals surface area contributed by atoms with Crippen molar-refractivity contribution in [3.05, 3.63) is 23.8 Å². The Morgan fingerprint density at radius 2 is 1.87 bits per heavy atom. The van der Waals surface area contributed by atoms with Gasteiger partial charge in [-0.15, -0.1) is 0 Å². The van der Waals surface area contributed by atoms with Gasteiger partial charge in [-0.1, -0.05) is 6.92 Å². The third kappa shape index (κ3) is 4.45. The Morgan fingerprint density at radius 3 is 2.61 bits per heavy atom. The van der Waals surface area contributed by atoms with Crippen LogP contribution in [0.3, 0.4) is 0 Å². The number of benzene rings is 1. The second kappa shape index (κ2) is 8.45. The molecular weight excluding hydrogens is 392 g/mol. The quantitative estimate of drug-likeness (QED) is 0.788. The fourth-order valence-corrected chi connectivity index (χ4v) is 4.94. The van der Waals surface area contributed by atoms with Crippen molar-refractivity contribution in [2.75, 3.05) is 51.0 Å². The zero-order chi connectivity index (χ0) is 21.4. The third-order valence-corrected chi connectivity index (χ3v) is 6.76. The lowest BCUT2D eigenvalue weighted by Crippen LogP contribution is -2.47. The average Bonchev–Trinajstić information content (AvgIpc) is 3.22. The van der Waals surface area contributed by atoms with Crippen LogP contribution >= 0.6 is 0 Å². The molecule has 1 aromatic heterocycles. The monoisotopic (exact) mass is 426 g/mol. The van der Waals surface area contributed by atoms with E-state index in [4.69, 9.17) is 19.2 Å². The summed E-state index contributed by atoms with van der Waals surface area (Å²) in [5.74, 6) is 2.70. The molecule has 1 aromatic carbocycles. The molecule has 1 atom stereocenters. The number of hydrogen-bond donors (Lipinski definition) is 1. The van der Waals surface area contributed by atoms with Crippen LogP contribution in [0, 0.1) is 0 Å². The molecule has 0 saturated carbocycles. The van der Waals surface area contributed by atoms with E-state index in [2.05, 4.69) is 48.0 Å². The molecule has 2 aromatic rings. The zero-order valence-electron chi connectivity index (χ0n) is 18.9. The SMILES string of the molecule is CCN1CCN(c2nc3cc4c(cc3cc2CN[C@H]2CCOC(C)(C)C2)OCO4)CC1. The lowest BCUT2D eigenvalue weighted by atomic mass is 9.94. The van der Waals surface area contributed by atoms with E-state index in [1.165, 1.54) is 5.56 Å². The van der Waals surface area contributed by atoms with Crippen LogP contribution in [0.15, 0.2) is 18.2 Å². The van der Waals surface area contributed by atoms with E-state index < -0.39 is 0 Å². The minimum atomic E-state index is -0.0608. The van der Waals surface area contributed by atoms with Crippen LogP contribution < -0.4 is 19.7 Å². The van der Waals surface area contributed by atoms with E-state index in [1.807, 2.05) is 6.07 Å². The first-order valence-corrected chi connectivity index (χ1v) is 11.6. The number of rotatable bonds is 5. The Morgan fingerprint density at radius 1 is 1.10 bits per heavy atom. The molecule has 4 heterocycles. The second-order valence-corrected chi connectivity index (χ2v) is 9.47. The highest BCUT2D eigenvalue weighted by Crippen LogP contribution is 2.37. The molecule has 0 unspecified atom stereocenters. The first kappa shape index (κ1) is 20.8. The van der Waals surface area contributed by atoms with E-state index in [-0.39, 0.29) is 12.4 Å². The number of anilines is 1. The van der Waals surface area contributed by atoms with Crippen molar-refractivity contribution in [3.63, 3.8) is 0 Å². The molecule has 2 saturated heterocycles. The molecule has 5 rings (SSSR count). The minimum Gasteiger partial charge on any atom is -0.454 e. The number of pyridine rings is 1. The van der Waals surface area contributed by atoms with Crippen LogP contribution in [0.1, 0.15) is 39.2 Å². The summed E-state index contributed by atoms with van der Waals surface area (Å²) in [4.78, 5) is 10.1. The van der Waals surface area contributed by atoms with Crippen LogP contribution in [-0.2, 0) is 11.3 Å². The van der Waals surface area contributed by atoms with Gasteiger partial charge in [0.25, 0.3) is 0 Å².